The Hall–Kier alpha value is -1.34. The van der Waals surface area contributed by atoms with E-state index < -0.39 is 0 Å². The lowest BCUT2D eigenvalue weighted by atomic mass is 9.98. The van der Waals surface area contributed by atoms with Crippen molar-refractivity contribution in [1.29, 1.82) is 5.26 Å². The van der Waals surface area contributed by atoms with Crippen molar-refractivity contribution in [3.05, 3.63) is 34.4 Å². The van der Waals surface area contributed by atoms with Crippen molar-refractivity contribution < 1.29 is 9.53 Å². The van der Waals surface area contributed by atoms with Crippen molar-refractivity contribution in [1.82, 2.24) is 0 Å². The molecule has 1 rings (SSSR count). The standard InChI is InChI=1S/C12H12BrNO2/c1-3-16-12(15)9-5-4-8(2)11(7-14)10(9)6-13/h4-5H,3,6H2,1-2H3. The zero-order valence-corrected chi connectivity index (χ0v) is 10.8. The van der Waals surface area contributed by atoms with Crippen molar-refractivity contribution in [3.8, 4) is 6.07 Å². The third-order valence-corrected chi connectivity index (χ3v) is 2.82. The molecular weight excluding hydrogens is 270 g/mol. The van der Waals surface area contributed by atoms with Gasteiger partial charge in [0.15, 0.2) is 0 Å². The molecule has 84 valence electrons. The summed E-state index contributed by atoms with van der Waals surface area (Å²) in [5.74, 6) is -0.381. The lowest BCUT2D eigenvalue weighted by Crippen LogP contribution is -2.09. The number of alkyl halides is 1. The first kappa shape index (κ1) is 12.7. The molecule has 3 nitrogen and oxygen atoms in total. The van der Waals surface area contributed by atoms with Crippen molar-refractivity contribution in [2.45, 2.75) is 19.2 Å². The summed E-state index contributed by atoms with van der Waals surface area (Å²) in [6, 6.07) is 5.57. The number of benzene rings is 1. The molecule has 0 saturated carbocycles. The van der Waals surface area contributed by atoms with Gasteiger partial charge >= 0.3 is 5.97 Å². The molecule has 0 saturated heterocycles. The molecule has 0 spiro atoms. The normalized spacial score (nSPS) is 9.62. The van der Waals surface area contributed by atoms with E-state index in [1.165, 1.54) is 0 Å². The van der Waals surface area contributed by atoms with Gasteiger partial charge in [0.25, 0.3) is 0 Å². The molecule has 1 aromatic rings. The molecule has 0 N–H and O–H groups in total. The van der Waals surface area contributed by atoms with Crippen molar-refractivity contribution >= 4 is 21.9 Å². The minimum absolute atomic E-state index is 0.330. The highest BCUT2D eigenvalue weighted by atomic mass is 79.9. The maximum absolute atomic E-state index is 11.7. The fourth-order valence-corrected chi connectivity index (χ4v) is 2.04. The first-order valence-corrected chi connectivity index (χ1v) is 6.03. The summed E-state index contributed by atoms with van der Waals surface area (Å²) in [5.41, 5.74) is 2.56. The van der Waals surface area contributed by atoms with E-state index in [1.807, 2.05) is 6.92 Å². The highest BCUT2D eigenvalue weighted by molar-refractivity contribution is 9.08. The third kappa shape index (κ3) is 2.42. The molecule has 16 heavy (non-hydrogen) atoms. The molecule has 0 aliphatic rings. The Morgan fingerprint density at radius 3 is 2.75 bits per heavy atom. The highest BCUT2D eigenvalue weighted by Crippen LogP contribution is 2.21. The third-order valence-electron chi connectivity index (χ3n) is 2.26. The van der Waals surface area contributed by atoms with Gasteiger partial charge in [-0.25, -0.2) is 4.79 Å². The summed E-state index contributed by atoms with van der Waals surface area (Å²) in [7, 11) is 0. The van der Waals surface area contributed by atoms with Gasteiger partial charge in [-0.1, -0.05) is 22.0 Å². The van der Waals surface area contributed by atoms with E-state index in [1.54, 1.807) is 19.1 Å². The number of hydrogen-bond acceptors (Lipinski definition) is 3. The highest BCUT2D eigenvalue weighted by Gasteiger charge is 2.16. The number of halogens is 1. The van der Waals surface area contributed by atoms with Crippen LogP contribution in [0.1, 0.15) is 34.0 Å². The predicted octanol–water partition coefficient (Wildman–Crippen LogP) is 2.94. The number of esters is 1. The smallest absolute Gasteiger partial charge is 0.338 e. The molecular formula is C12H12BrNO2. The number of rotatable bonds is 3. The maximum Gasteiger partial charge on any atom is 0.338 e. The Labute approximate surface area is 103 Å². The van der Waals surface area contributed by atoms with E-state index in [-0.39, 0.29) is 5.97 Å². The van der Waals surface area contributed by atoms with Crippen molar-refractivity contribution in [3.63, 3.8) is 0 Å². The summed E-state index contributed by atoms with van der Waals surface area (Å²) in [6.45, 7) is 3.93. The summed E-state index contributed by atoms with van der Waals surface area (Å²) in [5, 5.41) is 9.51. The second kappa shape index (κ2) is 5.66. The van der Waals surface area contributed by atoms with Crippen LogP contribution in [0.2, 0.25) is 0 Å². The van der Waals surface area contributed by atoms with E-state index in [9.17, 15) is 4.79 Å². The largest absolute Gasteiger partial charge is 0.462 e. The first-order chi connectivity index (χ1) is 7.65. The lowest BCUT2D eigenvalue weighted by molar-refractivity contribution is 0.0525. The van der Waals surface area contributed by atoms with Gasteiger partial charge in [0, 0.05) is 5.33 Å². The number of aryl methyl sites for hydroxylation is 1. The van der Waals surface area contributed by atoms with Gasteiger partial charge in [-0.3, -0.25) is 0 Å². The SMILES string of the molecule is CCOC(=O)c1ccc(C)c(C#N)c1CBr. The second-order valence-corrected chi connectivity index (χ2v) is 3.81. The quantitative estimate of drug-likeness (QED) is 0.632. The van der Waals surface area contributed by atoms with Crippen LogP contribution in [-0.4, -0.2) is 12.6 Å². The first-order valence-electron chi connectivity index (χ1n) is 4.91. The van der Waals surface area contributed by atoms with Gasteiger partial charge in [0.1, 0.15) is 0 Å². The van der Waals surface area contributed by atoms with Gasteiger partial charge in [-0.05, 0) is 31.0 Å². The molecule has 0 aromatic heterocycles. The minimum Gasteiger partial charge on any atom is -0.462 e. The van der Waals surface area contributed by atoms with Crippen LogP contribution in [0, 0.1) is 18.3 Å². The Morgan fingerprint density at radius 1 is 1.56 bits per heavy atom. The van der Waals surface area contributed by atoms with Crippen LogP contribution in [0.25, 0.3) is 0 Å². The molecule has 0 bridgehead atoms. The fraction of sp³-hybridized carbons (Fsp3) is 0.333. The number of ether oxygens (including phenoxy) is 1. The molecule has 0 heterocycles. The summed E-state index contributed by atoms with van der Waals surface area (Å²) in [6.07, 6.45) is 0. The molecule has 0 aliphatic carbocycles. The van der Waals surface area contributed by atoms with Crippen LogP contribution in [0.3, 0.4) is 0 Å². The zero-order valence-electron chi connectivity index (χ0n) is 9.21. The molecule has 0 atom stereocenters. The van der Waals surface area contributed by atoms with E-state index >= 15 is 0 Å². The summed E-state index contributed by atoms with van der Waals surface area (Å²) < 4.78 is 4.94. The molecule has 0 unspecified atom stereocenters. The van der Waals surface area contributed by atoms with E-state index in [0.717, 1.165) is 5.56 Å². The summed E-state index contributed by atoms with van der Waals surface area (Å²) in [4.78, 5) is 11.7. The maximum atomic E-state index is 11.7. The van der Waals surface area contributed by atoms with Gasteiger partial charge in [-0.15, -0.1) is 0 Å². The van der Waals surface area contributed by atoms with Gasteiger partial charge in [-0.2, -0.15) is 5.26 Å². The fourth-order valence-electron chi connectivity index (χ4n) is 1.46. The average Bonchev–Trinajstić information content (AvgIpc) is 2.28. The van der Waals surface area contributed by atoms with Crippen LogP contribution >= 0.6 is 15.9 Å². The van der Waals surface area contributed by atoms with Crippen LogP contribution in [-0.2, 0) is 10.1 Å². The molecule has 1 aromatic carbocycles. The van der Waals surface area contributed by atoms with Gasteiger partial charge < -0.3 is 4.74 Å². The Morgan fingerprint density at radius 2 is 2.25 bits per heavy atom. The Bertz CT molecular complexity index is 449. The van der Waals surface area contributed by atoms with Gasteiger partial charge in [0.2, 0.25) is 0 Å². The van der Waals surface area contributed by atoms with Crippen molar-refractivity contribution in [2.24, 2.45) is 0 Å². The average molecular weight is 282 g/mol. The van der Waals surface area contributed by atoms with Crippen LogP contribution in [0.15, 0.2) is 12.1 Å². The summed E-state index contributed by atoms with van der Waals surface area (Å²) >= 11 is 3.29. The monoisotopic (exact) mass is 281 g/mol. The Kier molecular flexibility index (Phi) is 4.51. The molecule has 0 fully saturated rings. The molecule has 0 radical (unpaired) electrons. The second-order valence-electron chi connectivity index (χ2n) is 3.25. The van der Waals surface area contributed by atoms with Crippen molar-refractivity contribution in [2.75, 3.05) is 6.61 Å². The Balaban J connectivity index is 3.31. The number of carbonyl (C=O) groups excluding carboxylic acids is 1. The minimum atomic E-state index is -0.381. The van der Waals surface area contributed by atoms with E-state index in [2.05, 4.69) is 22.0 Å². The predicted molar refractivity (Wildman–Crippen MR) is 64.5 cm³/mol. The molecule has 0 aliphatic heterocycles. The lowest BCUT2D eigenvalue weighted by Gasteiger charge is -2.10. The number of nitrogens with zero attached hydrogens (tertiary/aromatic N) is 1. The molecule has 4 heteroatoms. The van der Waals surface area contributed by atoms with Crippen LogP contribution in [0.4, 0.5) is 0 Å². The topological polar surface area (TPSA) is 50.1 Å². The zero-order chi connectivity index (χ0) is 12.1. The van der Waals surface area contributed by atoms with E-state index in [0.29, 0.717) is 28.6 Å². The van der Waals surface area contributed by atoms with E-state index in [4.69, 9.17) is 10.00 Å². The van der Waals surface area contributed by atoms with Gasteiger partial charge in [0.05, 0.1) is 23.8 Å². The van der Waals surface area contributed by atoms with Crippen LogP contribution < -0.4 is 0 Å². The van der Waals surface area contributed by atoms with Crippen LogP contribution in [0.5, 0.6) is 0 Å². The molecule has 0 amide bonds. The number of carbonyl (C=O) groups is 1. The number of nitriles is 1. The number of hydrogen-bond donors (Lipinski definition) is 0.